The van der Waals surface area contributed by atoms with Crippen molar-refractivity contribution in [2.45, 2.75) is 13.0 Å². The first-order valence-electron chi connectivity index (χ1n) is 5.05. The average Bonchev–Trinajstić information content (AvgIpc) is 2.69. The Labute approximate surface area is 98.2 Å². The van der Waals surface area contributed by atoms with Crippen LogP contribution in [0.2, 0.25) is 0 Å². The summed E-state index contributed by atoms with van der Waals surface area (Å²) >= 11 is 1.67. The summed E-state index contributed by atoms with van der Waals surface area (Å²) in [5, 5.41) is 3.13. The molecule has 84 valence electrons. The predicted octanol–water partition coefficient (Wildman–Crippen LogP) is 2.90. The fourth-order valence-electron chi connectivity index (χ4n) is 1.68. The van der Waals surface area contributed by atoms with Crippen LogP contribution in [0.1, 0.15) is 21.4 Å². The van der Waals surface area contributed by atoms with Gasteiger partial charge in [0.15, 0.2) is 0 Å². The molecule has 0 spiro atoms. The minimum atomic E-state index is -0.270. The van der Waals surface area contributed by atoms with E-state index in [0.717, 1.165) is 4.88 Å². The Hall–Kier alpha value is -1.26. The van der Waals surface area contributed by atoms with Gasteiger partial charge >= 0.3 is 0 Å². The van der Waals surface area contributed by atoms with Gasteiger partial charge in [0.25, 0.3) is 0 Å². The molecule has 1 unspecified atom stereocenters. The summed E-state index contributed by atoms with van der Waals surface area (Å²) in [5.74, 6) is -0.270. The zero-order valence-corrected chi connectivity index (χ0v) is 10.0. The summed E-state index contributed by atoms with van der Waals surface area (Å²) < 4.78 is 13.6. The maximum absolute atomic E-state index is 13.6. The monoisotopic (exact) mass is 236 g/mol. The number of pyridine rings is 1. The number of halogens is 1. The average molecular weight is 236 g/mol. The van der Waals surface area contributed by atoms with Gasteiger partial charge in [-0.3, -0.25) is 4.98 Å². The molecule has 0 saturated heterocycles. The molecule has 2 aromatic rings. The Kier molecular flexibility index (Phi) is 3.31. The molecule has 0 aliphatic heterocycles. The van der Waals surface area contributed by atoms with Crippen molar-refractivity contribution in [1.82, 2.24) is 10.3 Å². The van der Waals surface area contributed by atoms with E-state index in [4.69, 9.17) is 0 Å². The fourth-order valence-corrected chi connectivity index (χ4v) is 2.69. The molecule has 2 aromatic heterocycles. The van der Waals surface area contributed by atoms with Crippen molar-refractivity contribution < 1.29 is 4.39 Å². The van der Waals surface area contributed by atoms with Gasteiger partial charge in [0.2, 0.25) is 0 Å². The molecule has 0 saturated carbocycles. The van der Waals surface area contributed by atoms with Gasteiger partial charge in [-0.2, -0.15) is 0 Å². The second-order valence-electron chi connectivity index (χ2n) is 3.57. The van der Waals surface area contributed by atoms with Crippen molar-refractivity contribution in [2.75, 3.05) is 7.05 Å². The number of aromatic nitrogens is 1. The molecule has 0 aliphatic rings. The zero-order valence-electron chi connectivity index (χ0n) is 9.20. The quantitative estimate of drug-likeness (QED) is 0.886. The van der Waals surface area contributed by atoms with E-state index in [9.17, 15) is 4.39 Å². The molecule has 0 aliphatic carbocycles. The van der Waals surface area contributed by atoms with Crippen LogP contribution in [0, 0.1) is 12.7 Å². The first-order chi connectivity index (χ1) is 7.72. The Bertz CT molecular complexity index is 481. The van der Waals surface area contributed by atoms with E-state index in [1.54, 1.807) is 23.6 Å². The lowest BCUT2D eigenvalue weighted by Crippen LogP contribution is -2.17. The smallest absolute Gasteiger partial charge is 0.146 e. The predicted molar refractivity (Wildman–Crippen MR) is 64.2 cm³/mol. The first-order valence-corrected chi connectivity index (χ1v) is 5.87. The largest absolute Gasteiger partial charge is 0.309 e. The second kappa shape index (κ2) is 4.72. The van der Waals surface area contributed by atoms with Crippen molar-refractivity contribution in [1.29, 1.82) is 0 Å². The van der Waals surface area contributed by atoms with Gasteiger partial charge < -0.3 is 5.32 Å². The number of thiophene rings is 1. The molecule has 2 nitrogen and oxygen atoms in total. The molecule has 0 bridgehead atoms. The topological polar surface area (TPSA) is 24.9 Å². The molecule has 0 amide bonds. The molecule has 2 heterocycles. The van der Waals surface area contributed by atoms with Crippen LogP contribution in [0.25, 0.3) is 0 Å². The van der Waals surface area contributed by atoms with E-state index in [1.165, 1.54) is 11.1 Å². The van der Waals surface area contributed by atoms with Gasteiger partial charge in [0, 0.05) is 21.5 Å². The highest BCUT2D eigenvalue weighted by molar-refractivity contribution is 7.12. The van der Waals surface area contributed by atoms with Crippen molar-refractivity contribution in [2.24, 2.45) is 0 Å². The van der Waals surface area contributed by atoms with Crippen LogP contribution in [0.4, 0.5) is 4.39 Å². The van der Waals surface area contributed by atoms with Crippen molar-refractivity contribution in [3.05, 3.63) is 51.7 Å². The third-order valence-corrected chi connectivity index (χ3v) is 3.51. The van der Waals surface area contributed by atoms with Gasteiger partial charge in [-0.25, -0.2) is 4.39 Å². The first kappa shape index (κ1) is 11.2. The summed E-state index contributed by atoms with van der Waals surface area (Å²) in [7, 11) is 1.83. The summed E-state index contributed by atoms with van der Waals surface area (Å²) in [5.41, 5.74) is 0.638. The van der Waals surface area contributed by atoms with Crippen LogP contribution in [0.15, 0.2) is 30.6 Å². The Morgan fingerprint density at radius 1 is 1.38 bits per heavy atom. The van der Waals surface area contributed by atoms with E-state index in [0.29, 0.717) is 5.56 Å². The lowest BCUT2D eigenvalue weighted by atomic mass is 10.1. The maximum atomic E-state index is 13.6. The maximum Gasteiger partial charge on any atom is 0.146 e. The third kappa shape index (κ3) is 2.13. The Balaban J connectivity index is 2.40. The number of nitrogens with zero attached hydrogens (tertiary/aromatic N) is 1. The number of nitrogens with one attached hydrogen (secondary N) is 1. The Morgan fingerprint density at radius 3 is 2.75 bits per heavy atom. The van der Waals surface area contributed by atoms with Gasteiger partial charge in [0.05, 0.1) is 12.2 Å². The summed E-state index contributed by atoms with van der Waals surface area (Å²) in [4.78, 5) is 6.10. The summed E-state index contributed by atoms with van der Waals surface area (Å²) in [6.07, 6.45) is 2.86. The van der Waals surface area contributed by atoms with Crippen molar-refractivity contribution in [3.8, 4) is 0 Å². The molecule has 0 fully saturated rings. The highest BCUT2D eigenvalue weighted by atomic mass is 32.1. The summed E-state index contributed by atoms with van der Waals surface area (Å²) in [6, 6.07) is 5.69. The normalized spacial score (nSPS) is 12.7. The van der Waals surface area contributed by atoms with Crippen LogP contribution < -0.4 is 5.32 Å². The lowest BCUT2D eigenvalue weighted by Gasteiger charge is -2.15. The standard InChI is InChI=1S/C12H13FN2S/c1-8-3-4-11(16-8)12(14-2)9-5-6-15-7-10(9)13/h3-7,12,14H,1-2H3. The van der Waals surface area contributed by atoms with Crippen molar-refractivity contribution in [3.63, 3.8) is 0 Å². The molecule has 1 atom stereocenters. The van der Waals surface area contributed by atoms with E-state index in [2.05, 4.69) is 10.3 Å². The SMILES string of the molecule is CNC(c1ccc(C)s1)c1ccncc1F. The van der Waals surface area contributed by atoms with E-state index >= 15 is 0 Å². The number of hydrogen-bond acceptors (Lipinski definition) is 3. The Morgan fingerprint density at radius 2 is 2.19 bits per heavy atom. The molecular weight excluding hydrogens is 223 g/mol. The minimum absolute atomic E-state index is 0.0956. The zero-order chi connectivity index (χ0) is 11.5. The molecule has 4 heteroatoms. The molecular formula is C12H13FN2S. The summed E-state index contributed by atoms with van der Waals surface area (Å²) in [6.45, 7) is 2.05. The highest BCUT2D eigenvalue weighted by Crippen LogP contribution is 2.28. The molecule has 1 N–H and O–H groups in total. The second-order valence-corrected chi connectivity index (χ2v) is 4.89. The lowest BCUT2D eigenvalue weighted by molar-refractivity contribution is 0.574. The molecule has 0 aromatic carbocycles. The van der Waals surface area contributed by atoms with Gasteiger partial charge in [0.1, 0.15) is 5.82 Å². The van der Waals surface area contributed by atoms with E-state index < -0.39 is 0 Å². The van der Waals surface area contributed by atoms with Crippen LogP contribution in [-0.2, 0) is 0 Å². The van der Waals surface area contributed by atoms with Crippen LogP contribution in [0.3, 0.4) is 0 Å². The van der Waals surface area contributed by atoms with E-state index in [1.807, 2.05) is 26.1 Å². The minimum Gasteiger partial charge on any atom is -0.309 e. The van der Waals surface area contributed by atoms with Gasteiger partial charge in [-0.1, -0.05) is 0 Å². The third-order valence-electron chi connectivity index (χ3n) is 2.45. The van der Waals surface area contributed by atoms with E-state index in [-0.39, 0.29) is 11.9 Å². The number of rotatable bonds is 3. The highest BCUT2D eigenvalue weighted by Gasteiger charge is 2.17. The molecule has 2 rings (SSSR count). The van der Waals surface area contributed by atoms with Gasteiger partial charge in [-0.15, -0.1) is 11.3 Å². The van der Waals surface area contributed by atoms with Crippen LogP contribution in [-0.4, -0.2) is 12.0 Å². The number of aryl methyl sites for hydroxylation is 1. The molecule has 16 heavy (non-hydrogen) atoms. The van der Waals surface area contributed by atoms with Gasteiger partial charge in [-0.05, 0) is 32.2 Å². The number of hydrogen-bond donors (Lipinski definition) is 1. The van der Waals surface area contributed by atoms with Crippen molar-refractivity contribution >= 4 is 11.3 Å². The molecule has 0 radical (unpaired) electrons. The fraction of sp³-hybridized carbons (Fsp3) is 0.250. The van der Waals surface area contributed by atoms with Crippen LogP contribution >= 0.6 is 11.3 Å². The van der Waals surface area contributed by atoms with Crippen LogP contribution in [0.5, 0.6) is 0 Å².